The molecule has 3 nitrogen and oxygen atoms in total. The van der Waals surface area contributed by atoms with E-state index in [0.717, 1.165) is 11.1 Å². The lowest BCUT2D eigenvalue weighted by molar-refractivity contribution is 0.244. The lowest BCUT2D eigenvalue weighted by Crippen LogP contribution is -2.33. The van der Waals surface area contributed by atoms with Crippen LogP contribution >= 0.6 is 0 Å². The minimum atomic E-state index is -0.258. The molecule has 2 N–H and O–H groups in total. The van der Waals surface area contributed by atoms with Gasteiger partial charge in [0, 0.05) is 12.7 Å². The number of hydrogen-bond acceptors (Lipinski definition) is 1. The zero-order valence-electron chi connectivity index (χ0n) is 12.5. The second kappa shape index (κ2) is 7.98. The number of benzene rings is 2. The van der Waals surface area contributed by atoms with Crippen molar-refractivity contribution >= 4 is 12.1 Å². The van der Waals surface area contributed by atoms with Crippen molar-refractivity contribution in [1.82, 2.24) is 10.6 Å². The van der Waals surface area contributed by atoms with Crippen molar-refractivity contribution in [2.75, 3.05) is 6.54 Å². The molecule has 2 aromatic carbocycles. The minimum absolute atomic E-state index is 0.254. The zero-order valence-corrected chi connectivity index (χ0v) is 12.5. The number of amides is 2. The third-order valence-electron chi connectivity index (χ3n) is 3.14. The predicted octanol–water partition coefficient (Wildman–Crippen LogP) is 3.65. The summed E-state index contributed by atoms with van der Waals surface area (Å²) >= 11 is 0. The fourth-order valence-electron chi connectivity index (χ4n) is 2.01. The molecule has 4 heteroatoms. The first-order valence-electron chi connectivity index (χ1n) is 7.15. The third kappa shape index (κ3) is 5.40. The zero-order chi connectivity index (χ0) is 15.8. The van der Waals surface area contributed by atoms with Crippen LogP contribution in [0.4, 0.5) is 9.18 Å². The van der Waals surface area contributed by atoms with Gasteiger partial charge in [-0.3, -0.25) is 0 Å². The third-order valence-corrected chi connectivity index (χ3v) is 3.14. The highest BCUT2D eigenvalue weighted by molar-refractivity contribution is 5.75. The average molecular weight is 298 g/mol. The summed E-state index contributed by atoms with van der Waals surface area (Å²) < 4.78 is 12.8. The maximum Gasteiger partial charge on any atom is 0.318 e. The summed E-state index contributed by atoms with van der Waals surface area (Å²) in [6.07, 6.45) is 4.11. The van der Waals surface area contributed by atoms with Gasteiger partial charge in [0.25, 0.3) is 0 Å². The average Bonchev–Trinajstić information content (AvgIpc) is 2.49. The van der Waals surface area contributed by atoms with Crippen LogP contribution in [0.1, 0.15) is 16.7 Å². The Balaban J connectivity index is 1.70. The summed E-state index contributed by atoms with van der Waals surface area (Å²) in [5.41, 5.74) is 3.19. The number of halogens is 1. The van der Waals surface area contributed by atoms with E-state index in [9.17, 15) is 9.18 Å². The lowest BCUT2D eigenvalue weighted by Gasteiger charge is -2.05. The maximum absolute atomic E-state index is 12.8. The first-order chi connectivity index (χ1) is 10.6. The van der Waals surface area contributed by atoms with Gasteiger partial charge in [-0.15, -0.1) is 0 Å². The molecule has 2 rings (SSSR count). The first kappa shape index (κ1) is 15.8. The molecular formula is C18H19FN2O. The molecule has 2 amide bonds. The van der Waals surface area contributed by atoms with Gasteiger partial charge in [0.1, 0.15) is 5.82 Å². The van der Waals surface area contributed by atoms with Crippen molar-refractivity contribution in [3.05, 3.63) is 77.2 Å². The van der Waals surface area contributed by atoms with Gasteiger partial charge < -0.3 is 10.6 Å². The molecule has 0 unspecified atom stereocenters. The number of urea groups is 1. The van der Waals surface area contributed by atoms with Gasteiger partial charge in [0.05, 0.1) is 0 Å². The molecule has 114 valence electrons. The van der Waals surface area contributed by atoms with Gasteiger partial charge in [-0.2, -0.15) is 0 Å². The van der Waals surface area contributed by atoms with E-state index >= 15 is 0 Å². The highest BCUT2D eigenvalue weighted by atomic mass is 19.1. The second-order valence-electron chi connectivity index (χ2n) is 5.02. The number of rotatable bonds is 5. The Bertz CT molecular complexity index is 650. The Morgan fingerprint density at radius 3 is 2.68 bits per heavy atom. The highest BCUT2D eigenvalue weighted by Gasteiger charge is 1.98. The van der Waals surface area contributed by atoms with Crippen LogP contribution in [0.15, 0.2) is 54.7 Å². The normalized spacial score (nSPS) is 10.6. The molecule has 2 aromatic rings. The highest BCUT2D eigenvalue weighted by Crippen LogP contribution is 2.05. The van der Waals surface area contributed by atoms with E-state index < -0.39 is 0 Å². The van der Waals surface area contributed by atoms with Crippen molar-refractivity contribution < 1.29 is 9.18 Å². The molecule has 0 bridgehead atoms. The minimum Gasteiger partial charge on any atom is -0.338 e. The van der Waals surface area contributed by atoms with Crippen molar-refractivity contribution in [3.63, 3.8) is 0 Å². The molecule has 0 saturated carbocycles. The van der Waals surface area contributed by atoms with E-state index in [-0.39, 0.29) is 11.8 Å². The van der Waals surface area contributed by atoms with E-state index in [1.165, 1.54) is 17.7 Å². The van der Waals surface area contributed by atoms with Crippen LogP contribution in [-0.4, -0.2) is 12.6 Å². The van der Waals surface area contributed by atoms with Gasteiger partial charge >= 0.3 is 6.03 Å². The fourth-order valence-corrected chi connectivity index (χ4v) is 2.01. The number of aryl methyl sites for hydroxylation is 1. The molecule has 22 heavy (non-hydrogen) atoms. The fraction of sp³-hybridized carbons (Fsp3) is 0.167. The molecule has 0 fully saturated rings. The van der Waals surface area contributed by atoms with Gasteiger partial charge in [-0.1, -0.05) is 42.0 Å². The Kier molecular flexibility index (Phi) is 5.72. The number of hydrogen-bond donors (Lipinski definition) is 2. The molecular weight excluding hydrogens is 279 g/mol. The molecule has 0 aliphatic heterocycles. The molecule has 0 aliphatic rings. The summed E-state index contributed by atoms with van der Waals surface area (Å²) in [7, 11) is 0. The van der Waals surface area contributed by atoms with Crippen LogP contribution in [0.3, 0.4) is 0 Å². The summed E-state index contributed by atoms with van der Waals surface area (Å²) in [4.78, 5) is 11.6. The SMILES string of the molecule is Cc1cccc(/C=C/NC(=O)NCCc2ccc(F)cc2)c1. The molecule has 0 aliphatic carbocycles. The Labute approximate surface area is 129 Å². The first-order valence-corrected chi connectivity index (χ1v) is 7.15. The lowest BCUT2D eigenvalue weighted by atomic mass is 10.1. The molecule has 0 aromatic heterocycles. The number of carbonyl (C=O) groups excluding carboxylic acids is 1. The maximum atomic E-state index is 12.8. The Morgan fingerprint density at radius 2 is 1.95 bits per heavy atom. The van der Waals surface area contributed by atoms with Crippen LogP contribution in [0.5, 0.6) is 0 Å². The van der Waals surface area contributed by atoms with Crippen molar-refractivity contribution in [2.45, 2.75) is 13.3 Å². The Morgan fingerprint density at radius 1 is 1.18 bits per heavy atom. The quantitative estimate of drug-likeness (QED) is 0.869. The monoisotopic (exact) mass is 298 g/mol. The smallest absolute Gasteiger partial charge is 0.318 e. The van der Waals surface area contributed by atoms with E-state index in [1.54, 1.807) is 18.3 Å². The second-order valence-corrected chi connectivity index (χ2v) is 5.02. The van der Waals surface area contributed by atoms with Crippen molar-refractivity contribution in [3.8, 4) is 0 Å². The van der Waals surface area contributed by atoms with E-state index in [2.05, 4.69) is 10.6 Å². The van der Waals surface area contributed by atoms with E-state index in [4.69, 9.17) is 0 Å². The van der Waals surface area contributed by atoms with Gasteiger partial charge in [-0.05, 0) is 42.7 Å². The van der Waals surface area contributed by atoms with Crippen LogP contribution in [0.2, 0.25) is 0 Å². The van der Waals surface area contributed by atoms with Gasteiger partial charge in [0.2, 0.25) is 0 Å². The molecule has 0 spiro atoms. The molecule has 0 radical (unpaired) electrons. The summed E-state index contributed by atoms with van der Waals surface area (Å²) in [6, 6.07) is 14.0. The van der Waals surface area contributed by atoms with E-state index in [1.807, 2.05) is 37.3 Å². The van der Waals surface area contributed by atoms with Gasteiger partial charge in [0.15, 0.2) is 0 Å². The predicted molar refractivity (Wildman–Crippen MR) is 86.9 cm³/mol. The number of carbonyl (C=O) groups is 1. The van der Waals surface area contributed by atoms with Crippen LogP contribution in [0.25, 0.3) is 6.08 Å². The summed E-state index contributed by atoms with van der Waals surface area (Å²) in [5.74, 6) is -0.254. The summed E-state index contributed by atoms with van der Waals surface area (Å²) in [5, 5.41) is 5.40. The van der Waals surface area contributed by atoms with Crippen LogP contribution in [0, 0.1) is 12.7 Å². The van der Waals surface area contributed by atoms with E-state index in [0.29, 0.717) is 13.0 Å². The summed E-state index contributed by atoms with van der Waals surface area (Å²) in [6.45, 7) is 2.52. The van der Waals surface area contributed by atoms with Crippen LogP contribution < -0.4 is 10.6 Å². The molecule has 0 atom stereocenters. The Hall–Kier alpha value is -2.62. The standard InChI is InChI=1S/C18H19FN2O/c1-14-3-2-4-16(13-14)10-12-21-18(22)20-11-9-15-5-7-17(19)8-6-15/h2-8,10,12-13H,9,11H2,1H3,(H2,20,21,22)/b12-10+. The number of nitrogens with one attached hydrogen (secondary N) is 2. The van der Waals surface area contributed by atoms with Crippen molar-refractivity contribution in [2.24, 2.45) is 0 Å². The largest absolute Gasteiger partial charge is 0.338 e. The van der Waals surface area contributed by atoms with Crippen molar-refractivity contribution in [1.29, 1.82) is 0 Å². The van der Waals surface area contributed by atoms with Crippen LogP contribution in [-0.2, 0) is 6.42 Å². The molecule has 0 heterocycles. The topological polar surface area (TPSA) is 41.1 Å². The molecule has 0 saturated heterocycles. The van der Waals surface area contributed by atoms with Gasteiger partial charge in [-0.25, -0.2) is 9.18 Å².